The minimum Gasteiger partial charge on any atom is -0.321 e. The molecule has 0 saturated heterocycles. The molecule has 1 atom stereocenters. The number of hydrogen-bond donors (Lipinski definition) is 1. The molecule has 1 unspecified atom stereocenters. The van der Waals surface area contributed by atoms with Gasteiger partial charge in [0.05, 0.1) is 6.04 Å². The number of ketones is 1. The average molecular weight is 209 g/mol. The Kier molecular flexibility index (Phi) is 4.17. The second-order valence-corrected chi connectivity index (χ2v) is 4.45. The van der Waals surface area contributed by atoms with Crippen LogP contribution in [0.3, 0.4) is 0 Å². The zero-order valence-electron chi connectivity index (χ0n) is 8.49. The predicted octanol–water partition coefficient (Wildman–Crippen LogP) is 2.33. The minimum atomic E-state index is -0.417. The maximum absolute atomic E-state index is 11.5. The first-order valence-electron chi connectivity index (χ1n) is 4.67. The van der Waals surface area contributed by atoms with Gasteiger partial charge in [0, 0.05) is 10.5 Å². The minimum absolute atomic E-state index is 0.00181. The Labute approximate surface area is 88.9 Å². The summed E-state index contributed by atoms with van der Waals surface area (Å²) in [6.07, 6.45) is 0. The summed E-state index contributed by atoms with van der Waals surface area (Å²) >= 11 is 1.76. The van der Waals surface area contributed by atoms with Crippen molar-refractivity contribution in [3.05, 3.63) is 29.8 Å². The lowest BCUT2D eigenvalue weighted by Crippen LogP contribution is -2.26. The van der Waals surface area contributed by atoms with E-state index >= 15 is 0 Å². The molecular weight excluding hydrogens is 194 g/mol. The standard InChI is InChI=1S/C11H15NOS/c1-3-14-10-6-4-9(5-7-10)11(13)8(2)12/h4-8H,3,12H2,1-2H3. The molecule has 0 spiro atoms. The highest BCUT2D eigenvalue weighted by atomic mass is 32.2. The Bertz CT molecular complexity index is 306. The molecule has 0 bridgehead atoms. The van der Waals surface area contributed by atoms with Crippen LogP contribution >= 0.6 is 11.8 Å². The number of thioether (sulfide) groups is 1. The van der Waals surface area contributed by atoms with Crippen molar-refractivity contribution >= 4 is 17.5 Å². The van der Waals surface area contributed by atoms with Gasteiger partial charge < -0.3 is 5.73 Å². The van der Waals surface area contributed by atoms with Gasteiger partial charge in [-0.05, 0) is 24.8 Å². The highest BCUT2D eigenvalue weighted by Crippen LogP contribution is 2.18. The maximum atomic E-state index is 11.5. The highest BCUT2D eigenvalue weighted by Gasteiger charge is 2.09. The summed E-state index contributed by atoms with van der Waals surface area (Å²) in [4.78, 5) is 12.7. The molecule has 0 aliphatic heterocycles. The third kappa shape index (κ3) is 2.86. The summed E-state index contributed by atoms with van der Waals surface area (Å²) < 4.78 is 0. The van der Waals surface area contributed by atoms with Crippen molar-refractivity contribution < 1.29 is 4.79 Å². The molecule has 0 fully saturated rings. The van der Waals surface area contributed by atoms with Gasteiger partial charge in [-0.1, -0.05) is 19.1 Å². The summed E-state index contributed by atoms with van der Waals surface area (Å²) in [5, 5.41) is 0. The van der Waals surface area contributed by atoms with Crippen molar-refractivity contribution in [2.45, 2.75) is 24.8 Å². The van der Waals surface area contributed by atoms with Gasteiger partial charge in [0.2, 0.25) is 0 Å². The molecule has 14 heavy (non-hydrogen) atoms. The van der Waals surface area contributed by atoms with E-state index in [1.54, 1.807) is 18.7 Å². The van der Waals surface area contributed by atoms with Crippen LogP contribution in [0.25, 0.3) is 0 Å². The highest BCUT2D eigenvalue weighted by molar-refractivity contribution is 7.99. The molecule has 0 saturated carbocycles. The van der Waals surface area contributed by atoms with Crippen LogP contribution in [0.15, 0.2) is 29.2 Å². The van der Waals surface area contributed by atoms with Crippen LogP contribution in [0.4, 0.5) is 0 Å². The smallest absolute Gasteiger partial charge is 0.179 e. The average Bonchev–Trinajstić information content (AvgIpc) is 2.18. The molecule has 2 N–H and O–H groups in total. The van der Waals surface area contributed by atoms with Crippen LogP contribution in [-0.4, -0.2) is 17.6 Å². The molecule has 0 aliphatic carbocycles. The van der Waals surface area contributed by atoms with Gasteiger partial charge in [-0.2, -0.15) is 0 Å². The van der Waals surface area contributed by atoms with Gasteiger partial charge in [-0.3, -0.25) is 4.79 Å². The van der Waals surface area contributed by atoms with Crippen molar-refractivity contribution in [2.75, 3.05) is 5.75 Å². The van der Waals surface area contributed by atoms with E-state index in [1.807, 2.05) is 24.3 Å². The fraction of sp³-hybridized carbons (Fsp3) is 0.364. The lowest BCUT2D eigenvalue weighted by molar-refractivity contribution is 0.0968. The monoisotopic (exact) mass is 209 g/mol. The fourth-order valence-corrected chi connectivity index (χ4v) is 1.81. The Hall–Kier alpha value is -0.800. The summed E-state index contributed by atoms with van der Waals surface area (Å²) in [6, 6.07) is 7.18. The zero-order chi connectivity index (χ0) is 10.6. The fourth-order valence-electron chi connectivity index (χ4n) is 1.14. The van der Waals surface area contributed by atoms with E-state index in [2.05, 4.69) is 6.92 Å². The van der Waals surface area contributed by atoms with Crippen LogP contribution in [0.2, 0.25) is 0 Å². The maximum Gasteiger partial charge on any atom is 0.179 e. The largest absolute Gasteiger partial charge is 0.321 e. The molecule has 0 amide bonds. The van der Waals surface area contributed by atoms with Crippen molar-refractivity contribution in [2.24, 2.45) is 5.73 Å². The molecule has 1 aromatic carbocycles. The molecule has 2 nitrogen and oxygen atoms in total. The van der Waals surface area contributed by atoms with Crippen LogP contribution < -0.4 is 5.73 Å². The third-order valence-corrected chi connectivity index (χ3v) is 2.76. The van der Waals surface area contributed by atoms with Crippen molar-refractivity contribution in [3.63, 3.8) is 0 Å². The molecule has 1 aromatic rings. The number of nitrogens with two attached hydrogens (primary N) is 1. The first-order valence-corrected chi connectivity index (χ1v) is 5.66. The lowest BCUT2D eigenvalue weighted by Gasteiger charge is -2.04. The van der Waals surface area contributed by atoms with Crippen LogP contribution in [0, 0.1) is 0 Å². The van der Waals surface area contributed by atoms with Crippen LogP contribution in [-0.2, 0) is 0 Å². The van der Waals surface area contributed by atoms with E-state index in [4.69, 9.17) is 5.73 Å². The van der Waals surface area contributed by atoms with Gasteiger partial charge in [0.15, 0.2) is 5.78 Å². The third-order valence-electron chi connectivity index (χ3n) is 1.86. The quantitative estimate of drug-likeness (QED) is 0.611. The number of hydrogen-bond acceptors (Lipinski definition) is 3. The lowest BCUT2D eigenvalue weighted by atomic mass is 10.1. The molecule has 0 radical (unpaired) electrons. The molecule has 1 rings (SSSR count). The van der Waals surface area contributed by atoms with E-state index < -0.39 is 6.04 Å². The van der Waals surface area contributed by atoms with E-state index in [9.17, 15) is 4.79 Å². The van der Waals surface area contributed by atoms with Crippen molar-refractivity contribution in [1.29, 1.82) is 0 Å². The topological polar surface area (TPSA) is 43.1 Å². The first kappa shape index (κ1) is 11.3. The van der Waals surface area contributed by atoms with Gasteiger partial charge in [-0.25, -0.2) is 0 Å². The van der Waals surface area contributed by atoms with E-state index in [0.717, 1.165) is 5.75 Å². The van der Waals surface area contributed by atoms with E-state index in [-0.39, 0.29) is 5.78 Å². The second-order valence-electron chi connectivity index (χ2n) is 3.11. The normalized spacial score (nSPS) is 12.5. The number of Topliss-reactive ketones (excluding diaryl/α,β-unsaturated/α-hetero) is 1. The zero-order valence-corrected chi connectivity index (χ0v) is 9.30. The van der Waals surface area contributed by atoms with Gasteiger partial charge in [0.25, 0.3) is 0 Å². The summed E-state index contributed by atoms with van der Waals surface area (Å²) in [5.41, 5.74) is 6.20. The van der Waals surface area contributed by atoms with E-state index in [0.29, 0.717) is 5.56 Å². The van der Waals surface area contributed by atoms with Gasteiger partial charge in [0.1, 0.15) is 0 Å². The van der Waals surface area contributed by atoms with Gasteiger partial charge >= 0.3 is 0 Å². The van der Waals surface area contributed by atoms with Crippen LogP contribution in [0.1, 0.15) is 24.2 Å². The molecular formula is C11H15NOS. The summed E-state index contributed by atoms with van der Waals surface area (Å²) in [6.45, 7) is 3.81. The summed E-state index contributed by atoms with van der Waals surface area (Å²) in [5.74, 6) is 1.04. The number of benzene rings is 1. The van der Waals surface area contributed by atoms with Crippen molar-refractivity contribution in [3.8, 4) is 0 Å². The van der Waals surface area contributed by atoms with Crippen LogP contribution in [0.5, 0.6) is 0 Å². The Morgan fingerprint density at radius 1 is 1.43 bits per heavy atom. The van der Waals surface area contributed by atoms with Crippen molar-refractivity contribution in [1.82, 2.24) is 0 Å². The Morgan fingerprint density at radius 3 is 2.43 bits per heavy atom. The molecule has 0 aliphatic rings. The van der Waals surface area contributed by atoms with Gasteiger partial charge in [-0.15, -0.1) is 11.8 Å². The number of carbonyl (C=O) groups is 1. The molecule has 76 valence electrons. The number of rotatable bonds is 4. The Morgan fingerprint density at radius 2 is 2.00 bits per heavy atom. The molecule has 0 heterocycles. The second kappa shape index (κ2) is 5.17. The predicted molar refractivity (Wildman–Crippen MR) is 60.8 cm³/mol. The number of carbonyl (C=O) groups excluding carboxylic acids is 1. The molecule has 3 heteroatoms. The van der Waals surface area contributed by atoms with E-state index in [1.165, 1.54) is 4.90 Å². The first-order chi connectivity index (χ1) is 6.65. The Balaban J connectivity index is 2.78. The summed E-state index contributed by atoms with van der Waals surface area (Å²) in [7, 11) is 0. The SMILES string of the molecule is CCSc1ccc(C(=O)C(C)N)cc1. The molecule has 0 aromatic heterocycles.